The molecular weight excluding hydrogens is 272 g/mol. The molecule has 0 heterocycles. The van der Waals surface area contributed by atoms with Crippen LogP contribution in [0.15, 0.2) is 0 Å². The number of rotatable bonds is 6. The van der Waals surface area contributed by atoms with Gasteiger partial charge in [0.1, 0.15) is 0 Å². The van der Waals surface area contributed by atoms with E-state index in [4.69, 9.17) is 13.0 Å². The van der Waals surface area contributed by atoms with Crippen molar-refractivity contribution in [1.82, 2.24) is 0 Å². The van der Waals surface area contributed by atoms with Gasteiger partial charge in [-0.05, 0) is 26.9 Å². The fraction of sp³-hybridized carbons (Fsp3) is 1.00. The summed E-state index contributed by atoms with van der Waals surface area (Å²) >= 11 is 0. The molecule has 2 atom stereocenters. The second-order valence-corrected chi connectivity index (χ2v) is 15.5. The second-order valence-electron chi connectivity index (χ2n) is 7.36. The van der Waals surface area contributed by atoms with Crippen LogP contribution in [0.3, 0.4) is 0 Å². The minimum absolute atomic E-state index is 0.0274. The van der Waals surface area contributed by atoms with Gasteiger partial charge in [-0.15, -0.1) is 0 Å². The highest BCUT2D eigenvalue weighted by Gasteiger charge is 2.55. The molecule has 0 radical (unpaired) electrons. The van der Waals surface area contributed by atoms with Crippen molar-refractivity contribution in [3.05, 3.63) is 0 Å². The van der Waals surface area contributed by atoms with Gasteiger partial charge in [0.2, 0.25) is 0 Å². The van der Waals surface area contributed by atoms with Gasteiger partial charge in [0.25, 0.3) is 0 Å². The van der Waals surface area contributed by atoms with Crippen LogP contribution in [0.1, 0.15) is 55.4 Å². The predicted molar refractivity (Wildman–Crippen MR) is 87.0 cm³/mol. The molecule has 0 rings (SSSR count). The summed E-state index contributed by atoms with van der Waals surface area (Å²) < 4.78 is 18.9. The van der Waals surface area contributed by atoms with E-state index in [0.717, 1.165) is 0 Å². The first-order valence-electron chi connectivity index (χ1n) is 7.31. The average molecular weight is 307 g/mol. The molecule has 0 aliphatic rings. The zero-order valence-corrected chi connectivity index (χ0v) is 16.6. The maximum Gasteiger partial charge on any atom is 0.331 e. The minimum atomic E-state index is -2.30. The molecule has 0 bridgehead atoms. The Morgan fingerprint density at radius 3 is 1.11 bits per heavy atom. The van der Waals surface area contributed by atoms with Crippen LogP contribution in [-0.2, 0) is 13.0 Å². The molecular formula is C14H34O3Si2. The third-order valence-electron chi connectivity index (χ3n) is 3.95. The van der Waals surface area contributed by atoms with E-state index < -0.39 is 17.1 Å². The lowest BCUT2D eigenvalue weighted by Gasteiger charge is -2.47. The molecule has 0 saturated heterocycles. The van der Waals surface area contributed by atoms with Crippen molar-refractivity contribution in [2.45, 2.75) is 78.6 Å². The zero-order valence-electron chi connectivity index (χ0n) is 14.6. The van der Waals surface area contributed by atoms with Gasteiger partial charge < -0.3 is 13.0 Å². The van der Waals surface area contributed by atoms with Gasteiger partial charge in [0, 0.05) is 23.3 Å². The molecule has 0 aromatic rings. The van der Waals surface area contributed by atoms with Crippen LogP contribution in [-0.4, -0.2) is 30.3 Å². The molecule has 5 heteroatoms. The minimum Gasteiger partial charge on any atom is -0.414 e. The van der Waals surface area contributed by atoms with Gasteiger partial charge in [0.05, 0.1) is 0 Å². The molecule has 0 amide bonds. The molecule has 116 valence electrons. The molecule has 0 saturated carbocycles. The van der Waals surface area contributed by atoms with E-state index in [2.05, 4.69) is 54.6 Å². The number of hydrogen-bond donors (Lipinski definition) is 0. The van der Waals surface area contributed by atoms with Crippen LogP contribution in [0.25, 0.3) is 0 Å². The lowest BCUT2D eigenvalue weighted by molar-refractivity contribution is 0.169. The summed E-state index contributed by atoms with van der Waals surface area (Å²) in [6.07, 6.45) is 0. The monoisotopic (exact) mass is 306 g/mol. The first-order valence-corrected chi connectivity index (χ1v) is 11.9. The Bertz CT molecular complexity index is 255. The Morgan fingerprint density at radius 1 is 0.684 bits per heavy atom. The Labute approximate surface area is 122 Å². The van der Waals surface area contributed by atoms with E-state index in [0.29, 0.717) is 13.2 Å². The summed E-state index contributed by atoms with van der Waals surface area (Å²) in [5.41, 5.74) is 0. The summed E-state index contributed by atoms with van der Waals surface area (Å²) in [6, 6.07) is 0. The van der Waals surface area contributed by atoms with Gasteiger partial charge in [-0.2, -0.15) is 0 Å². The summed E-state index contributed by atoms with van der Waals surface area (Å²) in [5.74, 6) is 0. The topological polar surface area (TPSA) is 27.7 Å². The standard InChI is InChI=1S/C14H34O3Si2/c1-11-15-18(9,13(3,4)5)17-19(10,16-12-2)14(6,7)8/h11-12H2,1-10H3. The fourth-order valence-electron chi connectivity index (χ4n) is 1.72. The number of hydrogen-bond acceptors (Lipinski definition) is 3. The van der Waals surface area contributed by atoms with Crippen molar-refractivity contribution in [3.63, 3.8) is 0 Å². The second kappa shape index (κ2) is 6.39. The Kier molecular flexibility index (Phi) is 6.49. The van der Waals surface area contributed by atoms with E-state index in [9.17, 15) is 0 Å². The quantitative estimate of drug-likeness (QED) is 0.658. The van der Waals surface area contributed by atoms with Gasteiger partial charge in [-0.25, -0.2) is 0 Å². The van der Waals surface area contributed by atoms with Crippen molar-refractivity contribution < 1.29 is 13.0 Å². The van der Waals surface area contributed by atoms with Crippen molar-refractivity contribution in [2.24, 2.45) is 0 Å². The smallest absolute Gasteiger partial charge is 0.331 e. The molecule has 0 spiro atoms. The van der Waals surface area contributed by atoms with Crippen LogP contribution in [0.5, 0.6) is 0 Å². The summed E-state index contributed by atoms with van der Waals surface area (Å²) in [4.78, 5) is 0. The first kappa shape index (κ1) is 19.3. The Balaban J connectivity index is 5.41. The van der Waals surface area contributed by atoms with E-state index in [1.807, 2.05) is 13.8 Å². The highest BCUT2D eigenvalue weighted by atomic mass is 28.5. The summed E-state index contributed by atoms with van der Waals surface area (Å²) in [6.45, 7) is 23.1. The average Bonchev–Trinajstić information content (AvgIpc) is 2.14. The van der Waals surface area contributed by atoms with Crippen molar-refractivity contribution in [3.8, 4) is 0 Å². The Hall–Kier alpha value is 0.314. The van der Waals surface area contributed by atoms with Gasteiger partial charge in [-0.1, -0.05) is 41.5 Å². The lowest BCUT2D eigenvalue weighted by atomic mass is 10.3. The molecule has 0 fully saturated rings. The van der Waals surface area contributed by atoms with E-state index in [1.54, 1.807) is 0 Å². The van der Waals surface area contributed by atoms with Crippen LogP contribution in [0.4, 0.5) is 0 Å². The molecule has 2 unspecified atom stereocenters. The fourth-order valence-corrected chi connectivity index (χ4v) is 9.58. The summed E-state index contributed by atoms with van der Waals surface area (Å²) in [7, 11) is -4.59. The SMILES string of the molecule is CCO[Si](C)(O[Si](C)(OCC)C(C)(C)C)C(C)(C)C. The molecule has 0 N–H and O–H groups in total. The molecule has 0 aliphatic heterocycles. The largest absolute Gasteiger partial charge is 0.414 e. The molecule has 19 heavy (non-hydrogen) atoms. The van der Waals surface area contributed by atoms with E-state index in [1.165, 1.54) is 0 Å². The third kappa shape index (κ3) is 4.67. The van der Waals surface area contributed by atoms with Crippen molar-refractivity contribution in [2.75, 3.05) is 13.2 Å². The third-order valence-corrected chi connectivity index (χ3v) is 14.2. The Morgan fingerprint density at radius 2 is 0.947 bits per heavy atom. The zero-order chi connectivity index (χ0) is 15.5. The van der Waals surface area contributed by atoms with E-state index in [-0.39, 0.29) is 10.1 Å². The summed E-state index contributed by atoms with van der Waals surface area (Å²) in [5, 5.41) is 0.0548. The first-order chi connectivity index (χ1) is 8.33. The van der Waals surface area contributed by atoms with Crippen molar-refractivity contribution >= 4 is 17.1 Å². The maximum atomic E-state index is 6.67. The van der Waals surface area contributed by atoms with Gasteiger partial charge in [0.15, 0.2) is 0 Å². The molecule has 0 aromatic heterocycles. The normalized spacial score (nSPS) is 19.9. The highest BCUT2D eigenvalue weighted by molar-refractivity contribution is 6.82. The van der Waals surface area contributed by atoms with Crippen LogP contribution in [0, 0.1) is 0 Å². The van der Waals surface area contributed by atoms with Gasteiger partial charge >= 0.3 is 17.1 Å². The maximum absolute atomic E-state index is 6.67. The van der Waals surface area contributed by atoms with Crippen molar-refractivity contribution in [1.29, 1.82) is 0 Å². The van der Waals surface area contributed by atoms with Crippen LogP contribution in [0.2, 0.25) is 23.2 Å². The van der Waals surface area contributed by atoms with E-state index >= 15 is 0 Å². The molecule has 3 nitrogen and oxygen atoms in total. The lowest BCUT2D eigenvalue weighted by Crippen LogP contribution is -2.60. The predicted octanol–water partition coefficient (Wildman–Crippen LogP) is 4.82. The van der Waals surface area contributed by atoms with Gasteiger partial charge in [-0.3, -0.25) is 0 Å². The molecule has 0 aliphatic carbocycles. The highest BCUT2D eigenvalue weighted by Crippen LogP contribution is 2.45. The van der Waals surface area contributed by atoms with Crippen LogP contribution >= 0.6 is 0 Å². The van der Waals surface area contributed by atoms with Crippen LogP contribution < -0.4 is 0 Å². The molecule has 0 aromatic carbocycles.